The summed E-state index contributed by atoms with van der Waals surface area (Å²) in [6.07, 6.45) is -2.73. The van der Waals surface area contributed by atoms with Crippen molar-refractivity contribution in [1.29, 1.82) is 0 Å². The van der Waals surface area contributed by atoms with Crippen molar-refractivity contribution >= 4 is 18.7 Å². The summed E-state index contributed by atoms with van der Waals surface area (Å²) >= 11 is 0. The number of benzene rings is 3. The van der Waals surface area contributed by atoms with Gasteiger partial charge >= 0.3 is 0 Å². The summed E-state index contributed by atoms with van der Waals surface area (Å²) in [5.74, 6) is 0. The van der Waals surface area contributed by atoms with E-state index in [1.54, 1.807) is 24.3 Å². The highest BCUT2D eigenvalue weighted by molar-refractivity contribution is 6.99. The van der Waals surface area contributed by atoms with E-state index in [1.807, 2.05) is 42.5 Å². The number of hydrogen-bond acceptors (Lipinski definition) is 2. The molecule has 0 unspecified atom stereocenters. The average Bonchev–Trinajstić information content (AvgIpc) is 2.74. The lowest BCUT2D eigenvalue weighted by atomic mass is 10.1. The van der Waals surface area contributed by atoms with Gasteiger partial charge in [0.2, 0.25) is 0 Å². The number of aliphatic hydroxyl groups is 1. The van der Waals surface area contributed by atoms with E-state index in [2.05, 4.69) is 45.0 Å². The van der Waals surface area contributed by atoms with Gasteiger partial charge in [-0.1, -0.05) is 112 Å². The van der Waals surface area contributed by atoms with Crippen LogP contribution in [0, 0.1) is 0 Å². The molecule has 0 amide bonds. The van der Waals surface area contributed by atoms with Crippen LogP contribution < -0.4 is 10.4 Å². The molecule has 0 saturated carbocycles. The van der Waals surface area contributed by atoms with Gasteiger partial charge in [-0.25, -0.2) is 4.39 Å². The topological polar surface area (TPSA) is 29.5 Å². The molecule has 0 fully saturated rings. The first-order chi connectivity index (χ1) is 13.9. The molecule has 4 heteroatoms. The maximum absolute atomic E-state index is 14.9. The molecule has 3 aromatic carbocycles. The third-order valence-corrected chi connectivity index (χ3v) is 10.3. The fraction of sp³-hybridized carbons (Fsp3) is 0.280. The third kappa shape index (κ3) is 4.50. The first-order valence-electron chi connectivity index (χ1n) is 9.98. The summed E-state index contributed by atoms with van der Waals surface area (Å²) in [6, 6.07) is 29.1. The van der Waals surface area contributed by atoms with Gasteiger partial charge in [0, 0.05) is 0 Å². The monoisotopic (exact) mass is 408 g/mol. The predicted octanol–water partition coefficient (Wildman–Crippen LogP) is 4.63. The van der Waals surface area contributed by atoms with E-state index in [4.69, 9.17) is 4.43 Å². The minimum atomic E-state index is -2.79. The van der Waals surface area contributed by atoms with Crippen LogP contribution in [-0.4, -0.2) is 26.1 Å². The van der Waals surface area contributed by atoms with Crippen LogP contribution in [0.3, 0.4) is 0 Å². The number of alkyl halides is 1. The fourth-order valence-electron chi connectivity index (χ4n) is 3.92. The summed E-state index contributed by atoms with van der Waals surface area (Å²) in [6.45, 7) is 6.42. The van der Waals surface area contributed by atoms with Crippen molar-refractivity contribution in [3.63, 3.8) is 0 Å². The molecular formula is C25H29FO2Si. The Morgan fingerprint density at radius 3 is 1.62 bits per heavy atom. The Bertz CT molecular complexity index is 839. The Morgan fingerprint density at radius 2 is 1.21 bits per heavy atom. The van der Waals surface area contributed by atoms with Crippen molar-refractivity contribution in [2.75, 3.05) is 6.61 Å². The minimum Gasteiger partial charge on any atom is -0.405 e. The molecule has 29 heavy (non-hydrogen) atoms. The highest BCUT2D eigenvalue weighted by atomic mass is 28.4. The van der Waals surface area contributed by atoms with Crippen molar-refractivity contribution in [1.82, 2.24) is 0 Å². The lowest BCUT2D eigenvalue weighted by Crippen LogP contribution is -2.67. The van der Waals surface area contributed by atoms with Gasteiger partial charge in [0.05, 0.1) is 6.61 Å². The van der Waals surface area contributed by atoms with Crippen LogP contribution in [0.4, 0.5) is 4.39 Å². The lowest BCUT2D eigenvalue weighted by molar-refractivity contribution is 0.0332. The smallest absolute Gasteiger partial charge is 0.261 e. The van der Waals surface area contributed by atoms with E-state index < -0.39 is 20.6 Å². The molecule has 2 atom stereocenters. The second-order valence-corrected chi connectivity index (χ2v) is 12.7. The highest BCUT2D eigenvalue weighted by Crippen LogP contribution is 2.37. The molecule has 3 rings (SSSR count). The van der Waals surface area contributed by atoms with E-state index in [9.17, 15) is 9.50 Å². The second-order valence-electron chi connectivity index (χ2n) is 8.35. The first kappa shape index (κ1) is 21.4. The number of halogens is 1. The highest BCUT2D eigenvalue weighted by Gasteiger charge is 2.50. The predicted molar refractivity (Wildman–Crippen MR) is 120 cm³/mol. The molecule has 0 saturated heterocycles. The SMILES string of the molecule is CC(C)(C)[Si](OC[C@@H](O)[C@H](F)c1ccccc1)(c1ccccc1)c1ccccc1. The normalized spacial score (nSPS) is 14.4. The molecule has 0 spiro atoms. The summed E-state index contributed by atoms with van der Waals surface area (Å²) in [7, 11) is -2.79. The summed E-state index contributed by atoms with van der Waals surface area (Å²) in [4.78, 5) is 0. The zero-order valence-electron chi connectivity index (χ0n) is 17.3. The van der Waals surface area contributed by atoms with Gasteiger partial charge in [0.15, 0.2) is 6.17 Å². The van der Waals surface area contributed by atoms with Crippen LogP contribution in [0.2, 0.25) is 5.04 Å². The lowest BCUT2D eigenvalue weighted by Gasteiger charge is -2.43. The third-order valence-electron chi connectivity index (χ3n) is 5.34. The van der Waals surface area contributed by atoms with Crippen LogP contribution in [0.25, 0.3) is 0 Å². The molecule has 0 radical (unpaired) electrons. The molecule has 0 aliphatic rings. The molecule has 2 nitrogen and oxygen atoms in total. The Hall–Kier alpha value is -2.27. The molecule has 0 bridgehead atoms. The van der Waals surface area contributed by atoms with Crippen LogP contribution in [-0.2, 0) is 4.43 Å². The average molecular weight is 409 g/mol. The van der Waals surface area contributed by atoms with Crippen molar-refractivity contribution in [2.24, 2.45) is 0 Å². The Kier molecular flexibility index (Phi) is 6.68. The Balaban J connectivity index is 1.98. The minimum absolute atomic E-state index is 0.0661. The van der Waals surface area contributed by atoms with Crippen LogP contribution in [0.5, 0.6) is 0 Å². The summed E-state index contributed by atoms with van der Waals surface area (Å²) in [5.41, 5.74) is 0.464. The number of aliphatic hydroxyl groups excluding tert-OH is 1. The molecule has 1 N–H and O–H groups in total. The van der Waals surface area contributed by atoms with Gasteiger partial charge < -0.3 is 9.53 Å². The molecule has 0 aliphatic carbocycles. The molecular weight excluding hydrogens is 379 g/mol. The van der Waals surface area contributed by atoms with Crippen LogP contribution in [0.15, 0.2) is 91.0 Å². The van der Waals surface area contributed by atoms with Crippen molar-refractivity contribution in [3.05, 3.63) is 96.6 Å². The molecule has 0 aliphatic heterocycles. The van der Waals surface area contributed by atoms with E-state index >= 15 is 0 Å². The zero-order chi connectivity index (χ0) is 20.9. The van der Waals surface area contributed by atoms with E-state index in [-0.39, 0.29) is 11.6 Å². The fourth-order valence-corrected chi connectivity index (χ4v) is 8.49. The van der Waals surface area contributed by atoms with Crippen molar-refractivity contribution in [3.8, 4) is 0 Å². The quantitative estimate of drug-likeness (QED) is 0.578. The Morgan fingerprint density at radius 1 is 0.793 bits per heavy atom. The summed E-state index contributed by atoms with van der Waals surface area (Å²) in [5, 5.41) is 12.6. The molecule has 0 heterocycles. The number of hydrogen-bond donors (Lipinski definition) is 1. The largest absolute Gasteiger partial charge is 0.405 e. The standard InChI is InChI=1S/C25H29FO2Si/c1-25(2,3)29(21-15-9-5-10-16-21,22-17-11-6-12-18-22)28-19-23(27)24(26)20-13-7-4-8-14-20/h4-18,23-24,27H,19H2,1-3H3/t23-,24-/m1/s1. The van der Waals surface area contributed by atoms with Crippen LogP contribution >= 0.6 is 0 Å². The summed E-state index contributed by atoms with van der Waals surface area (Å²) < 4.78 is 21.5. The maximum atomic E-state index is 14.9. The number of rotatable bonds is 7. The molecule has 0 aromatic heterocycles. The zero-order valence-corrected chi connectivity index (χ0v) is 18.3. The van der Waals surface area contributed by atoms with Gasteiger partial charge in [0.1, 0.15) is 6.10 Å². The second kappa shape index (κ2) is 9.03. The molecule has 152 valence electrons. The van der Waals surface area contributed by atoms with E-state index in [1.165, 1.54) is 0 Å². The van der Waals surface area contributed by atoms with Gasteiger partial charge in [-0.2, -0.15) is 0 Å². The van der Waals surface area contributed by atoms with E-state index in [0.29, 0.717) is 5.56 Å². The Labute approximate surface area is 174 Å². The van der Waals surface area contributed by atoms with Crippen LogP contribution in [0.1, 0.15) is 32.5 Å². The van der Waals surface area contributed by atoms with Crippen molar-refractivity contribution in [2.45, 2.75) is 38.1 Å². The first-order valence-corrected chi connectivity index (χ1v) is 11.9. The van der Waals surface area contributed by atoms with Gasteiger partial charge in [-0.15, -0.1) is 0 Å². The molecule has 3 aromatic rings. The van der Waals surface area contributed by atoms with Gasteiger partial charge in [-0.05, 0) is 21.0 Å². The van der Waals surface area contributed by atoms with Gasteiger partial charge in [-0.3, -0.25) is 0 Å². The van der Waals surface area contributed by atoms with Gasteiger partial charge in [0.25, 0.3) is 8.32 Å². The van der Waals surface area contributed by atoms with E-state index in [0.717, 1.165) is 10.4 Å². The van der Waals surface area contributed by atoms with Crippen molar-refractivity contribution < 1.29 is 13.9 Å². The maximum Gasteiger partial charge on any atom is 0.261 e.